The fourth-order valence-corrected chi connectivity index (χ4v) is 3.89. The molecule has 2 aromatic heterocycles. The highest BCUT2D eigenvalue weighted by Crippen LogP contribution is 2.41. The van der Waals surface area contributed by atoms with Crippen molar-refractivity contribution in [2.75, 3.05) is 6.61 Å². The van der Waals surface area contributed by atoms with E-state index in [2.05, 4.69) is 4.98 Å². The number of pyridine rings is 1. The Morgan fingerprint density at radius 2 is 1.89 bits per heavy atom. The van der Waals surface area contributed by atoms with Crippen molar-refractivity contribution in [1.82, 2.24) is 4.98 Å². The van der Waals surface area contributed by atoms with Crippen LogP contribution in [-0.2, 0) is 35.3 Å². The Balaban J connectivity index is 1.77. The second kappa shape index (κ2) is 10.6. The molecule has 2 N–H and O–H groups in total. The summed E-state index contributed by atoms with van der Waals surface area (Å²) >= 11 is 0. The molecule has 0 bridgehead atoms. The van der Waals surface area contributed by atoms with E-state index in [1.165, 1.54) is 30.5 Å². The van der Waals surface area contributed by atoms with Crippen LogP contribution in [0.3, 0.4) is 0 Å². The van der Waals surface area contributed by atoms with Crippen LogP contribution in [0.25, 0.3) is 22.1 Å². The van der Waals surface area contributed by atoms with Gasteiger partial charge in [0, 0.05) is 34.8 Å². The van der Waals surface area contributed by atoms with Crippen LogP contribution in [0.4, 0.5) is 22.0 Å². The van der Waals surface area contributed by atoms with Crippen LogP contribution < -0.4 is 10.5 Å². The van der Waals surface area contributed by atoms with Gasteiger partial charge in [-0.25, -0.2) is 8.78 Å². The number of ether oxygens (including phenoxy) is 2. The topological polar surface area (TPSA) is 87.6 Å². The largest absolute Gasteiger partial charge is 0.489 e. The Morgan fingerprint density at radius 3 is 2.59 bits per heavy atom. The Labute approximate surface area is 207 Å². The Kier molecular flexibility index (Phi) is 7.44. The number of fused-ring (bicyclic) bond motifs is 1. The average molecular weight is 520 g/mol. The van der Waals surface area contributed by atoms with Gasteiger partial charge in [0.05, 0.1) is 18.7 Å². The Bertz CT molecular complexity index is 1450. The van der Waals surface area contributed by atoms with E-state index < -0.39 is 29.3 Å². The van der Waals surface area contributed by atoms with Gasteiger partial charge in [0.15, 0.2) is 5.82 Å². The lowest BCUT2D eigenvalue weighted by atomic mass is 9.98. The van der Waals surface area contributed by atoms with E-state index in [1.54, 1.807) is 6.92 Å². The quantitative estimate of drug-likeness (QED) is 0.229. The minimum atomic E-state index is -4.73. The van der Waals surface area contributed by atoms with E-state index >= 15 is 4.39 Å². The third-order valence-electron chi connectivity index (χ3n) is 5.54. The first-order chi connectivity index (χ1) is 17.6. The van der Waals surface area contributed by atoms with Gasteiger partial charge in [-0.05, 0) is 48.9 Å². The van der Waals surface area contributed by atoms with Crippen LogP contribution in [0, 0.1) is 11.6 Å². The van der Waals surface area contributed by atoms with Gasteiger partial charge in [-0.2, -0.15) is 13.2 Å². The van der Waals surface area contributed by atoms with Crippen molar-refractivity contribution >= 4 is 16.9 Å². The van der Waals surface area contributed by atoms with E-state index in [-0.39, 0.29) is 70.8 Å². The summed E-state index contributed by atoms with van der Waals surface area (Å²) in [6.07, 6.45) is -3.14. The van der Waals surface area contributed by atoms with E-state index in [0.29, 0.717) is 6.26 Å². The number of aromatic nitrogens is 1. The molecule has 4 rings (SSSR count). The molecule has 0 fully saturated rings. The Morgan fingerprint density at radius 1 is 1.11 bits per heavy atom. The van der Waals surface area contributed by atoms with Gasteiger partial charge in [0.25, 0.3) is 0 Å². The van der Waals surface area contributed by atoms with E-state index in [9.17, 15) is 22.4 Å². The first-order valence-corrected chi connectivity index (χ1v) is 11.1. The molecule has 2 heterocycles. The van der Waals surface area contributed by atoms with Gasteiger partial charge in [-0.15, -0.1) is 0 Å². The molecule has 0 aliphatic heterocycles. The van der Waals surface area contributed by atoms with Gasteiger partial charge in [0.2, 0.25) is 0 Å². The molecule has 194 valence electrons. The van der Waals surface area contributed by atoms with Gasteiger partial charge in [0.1, 0.15) is 35.6 Å². The number of benzene rings is 2. The molecule has 4 aromatic rings. The number of nitrogens with zero attached hydrogens (tertiary/aromatic N) is 1. The molecular weight excluding hydrogens is 499 g/mol. The van der Waals surface area contributed by atoms with Crippen LogP contribution >= 0.6 is 0 Å². The minimum Gasteiger partial charge on any atom is -0.489 e. The van der Waals surface area contributed by atoms with Crippen molar-refractivity contribution in [3.63, 3.8) is 0 Å². The van der Waals surface area contributed by atoms with Crippen LogP contribution in [0.5, 0.6) is 5.75 Å². The van der Waals surface area contributed by atoms with Crippen LogP contribution in [-0.4, -0.2) is 17.6 Å². The second-order valence-corrected chi connectivity index (χ2v) is 8.01. The SMILES string of the molecule is CCOC(=O)Cc1cc(F)ccc1OCc1cc(-c2ccnc(CN)c2F)c2occ(C(F)(F)F)c2c1. The summed E-state index contributed by atoms with van der Waals surface area (Å²) in [6.45, 7) is 1.27. The van der Waals surface area contributed by atoms with Crippen molar-refractivity contribution in [2.24, 2.45) is 5.73 Å². The molecule has 0 radical (unpaired) electrons. The predicted octanol–water partition coefficient (Wildman–Crippen LogP) is 5.94. The van der Waals surface area contributed by atoms with E-state index in [0.717, 1.165) is 12.1 Å². The molecule has 0 amide bonds. The third kappa shape index (κ3) is 5.56. The first kappa shape index (κ1) is 26.1. The third-order valence-corrected chi connectivity index (χ3v) is 5.54. The standard InChI is InChI=1S/C26H21F5N2O4/c1-2-35-23(34)10-15-9-16(27)3-4-22(15)36-12-14-7-18(17-5-6-33-21(11-32)24(17)28)25-19(8-14)20(13-37-25)26(29,30)31/h3-9,13H,2,10-12,32H2,1H3. The number of carbonyl (C=O) groups excluding carboxylic acids is 1. The van der Waals surface area contributed by atoms with Crippen molar-refractivity contribution < 1.29 is 40.6 Å². The fraction of sp³-hybridized carbons (Fsp3) is 0.231. The maximum atomic E-state index is 15.1. The molecule has 11 heteroatoms. The minimum absolute atomic E-state index is 0.0462. The van der Waals surface area contributed by atoms with Crippen molar-refractivity contribution in [2.45, 2.75) is 32.7 Å². The van der Waals surface area contributed by atoms with Gasteiger partial charge in [-0.3, -0.25) is 9.78 Å². The normalized spacial score (nSPS) is 11.6. The summed E-state index contributed by atoms with van der Waals surface area (Å²) < 4.78 is 85.8. The molecular formula is C26H21F5N2O4. The van der Waals surface area contributed by atoms with Crippen LogP contribution in [0.1, 0.15) is 29.3 Å². The lowest BCUT2D eigenvalue weighted by Gasteiger charge is -2.14. The molecule has 0 atom stereocenters. The van der Waals surface area contributed by atoms with Crippen molar-refractivity contribution in [1.29, 1.82) is 0 Å². The molecule has 37 heavy (non-hydrogen) atoms. The molecule has 2 aromatic carbocycles. The molecule has 0 aliphatic carbocycles. The van der Waals surface area contributed by atoms with Crippen LogP contribution in [0.15, 0.2) is 53.3 Å². The van der Waals surface area contributed by atoms with E-state index in [4.69, 9.17) is 19.6 Å². The van der Waals surface area contributed by atoms with Gasteiger partial charge < -0.3 is 19.6 Å². The summed E-state index contributed by atoms with van der Waals surface area (Å²) in [5, 5.41) is -0.292. The highest BCUT2D eigenvalue weighted by Gasteiger charge is 2.35. The number of carbonyl (C=O) groups is 1. The lowest BCUT2D eigenvalue weighted by molar-refractivity contribution is -0.142. The fourth-order valence-electron chi connectivity index (χ4n) is 3.89. The average Bonchev–Trinajstić information content (AvgIpc) is 3.28. The predicted molar refractivity (Wildman–Crippen MR) is 123 cm³/mol. The van der Waals surface area contributed by atoms with Gasteiger partial charge in [-0.1, -0.05) is 0 Å². The lowest BCUT2D eigenvalue weighted by Crippen LogP contribution is -2.09. The summed E-state index contributed by atoms with van der Waals surface area (Å²) in [7, 11) is 0. The molecule has 0 saturated heterocycles. The van der Waals surface area contributed by atoms with Gasteiger partial charge >= 0.3 is 12.1 Å². The Hall–Kier alpha value is -3.99. The van der Waals surface area contributed by atoms with E-state index in [1.807, 2.05) is 0 Å². The highest BCUT2D eigenvalue weighted by molar-refractivity contribution is 5.95. The van der Waals surface area contributed by atoms with Crippen LogP contribution in [0.2, 0.25) is 0 Å². The number of nitrogens with two attached hydrogens (primary N) is 1. The number of halogens is 5. The summed E-state index contributed by atoms with van der Waals surface area (Å²) in [6, 6.07) is 7.50. The first-order valence-electron chi connectivity index (χ1n) is 11.1. The highest BCUT2D eigenvalue weighted by atomic mass is 19.4. The molecule has 0 saturated carbocycles. The zero-order chi connectivity index (χ0) is 26.7. The molecule has 0 spiro atoms. The molecule has 6 nitrogen and oxygen atoms in total. The number of furan rings is 1. The maximum absolute atomic E-state index is 15.1. The van der Waals surface area contributed by atoms with Crippen molar-refractivity contribution in [3.05, 3.63) is 82.9 Å². The second-order valence-electron chi connectivity index (χ2n) is 8.01. The number of alkyl halides is 3. The molecule has 0 unspecified atom stereocenters. The smallest absolute Gasteiger partial charge is 0.420 e. The monoisotopic (exact) mass is 520 g/mol. The number of hydrogen-bond acceptors (Lipinski definition) is 6. The summed E-state index contributed by atoms with van der Waals surface area (Å²) in [5.41, 5.74) is 4.71. The number of esters is 1. The molecule has 0 aliphatic rings. The number of rotatable bonds is 8. The van der Waals surface area contributed by atoms with Crippen molar-refractivity contribution in [3.8, 4) is 16.9 Å². The number of hydrogen-bond donors (Lipinski definition) is 1. The zero-order valence-corrected chi connectivity index (χ0v) is 19.5. The maximum Gasteiger partial charge on any atom is 0.420 e. The summed E-state index contributed by atoms with van der Waals surface area (Å²) in [4.78, 5) is 15.8. The summed E-state index contributed by atoms with van der Waals surface area (Å²) in [5.74, 6) is -1.85. The zero-order valence-electron chi connectivity index (χ0n) is 19.5.